The predicted molar refractivity (Wildman–Crippen MR) is 83.9 cm³/mol. The molecule has 0 radical (unpaired) electrons. The summed E-state index contributed by atoms with van der Waals surface area (Å²) in [6.07, 6.45) is -0.545. The van der Waals surface area contributed by atoms with Gasteiger partial charge in [0.15, 0.2) is 0 Å². The Bertz CT molecular complexity index is 575. The van der Waals surface area contributed by atoms with Gasteiger partial charge in [0.05, 0.1) is 0 Å². The molecular weight excluding hydrogens is 335 g/mol. The fraction of sp³-hybridized carbons (Fsp3) is 0.250. The molecule has 18 heavy (non-hydrogen) atoms. The van der Waals surface area contributed by atoms with Gasteiger partial charge >= 0.3 is 0 Å². The number of benzene rings is 2. The van der Waals surface area contributed by atoms with E-state index in [2.05, 4.69) is 61.6 Å². The van der Waals surface area contributed by atoms with Crippen molar-refractivity contribution in [3.8, 4) is 0 Å². The lowest BCUT2D eigenvalue weighted by molar-refractivity contribution is 0.219. The first kappa shape index (κ1) is 13.6. The van der Waals surface area contributed by atoms with Crippen molar-refractivity contribution in [2.75, 3.05) is 0 Å². The SMILES string of the molecule is Cc1ccc(C(O)c2cccc(C)c2I)cc1C. The van der Waals surface area contributed by atoms with Crippen molar-refractivity contribution in [2.45, 2.75) is 26.9 Å². The molecule has 0 fully saturated rings. The highest BCUT2D eigenvalue weighted by molar-refractivity contribution is 14.1. The molecule has 0 saturated heterocycles. The first-order chi connectivity index (χ1) is 8.50. The molecule has 0 aliphatic heterocycles. The van der Waals surface area contributed by atoms with Gasteiger partial charge in [-0.1, -0.05) is 36.4 Å². The van der Waals surface area contributed by atoms with E-state index in [1.807, 2.05) is 18.2 Å². The Morgan fingerprint density at radius 1 is 0.944 bits per heavy atom. The highest BCUT2D eigenvalue weighted by Gasteiger charge is 2.14. The van der Waals surface area contributed by atoms with Crippen molar-refractivity contribution in [3.05, 3.63) is 67.8 Å². The normalized spacial score (nSPS) is 12.5. The van der Waals surface area contributed by atoms with Gasteiger partial charge in [0.1, 0.15) is 6.10 Å². The smallest absolute Gasteiger partial charge is 0.105 e. The first-order valence-electron chi connectivity index (χ1n) is 6.01. The largest absolute Gasteiger partial charge is 0.384 e. The molecule has 0 aliphatic rings. The maximum absolute atomic E-state index is 10.5. The minimum absolute atomic E-state index is 0.545. The lowest BCUT2D eigenvalue weighted by atomic mass is 9.97. The van der Waals surface area contributed by atoms with Crippen molar-refractivity contribution in [3.63, 3.8) is 0 Å². The van der Waals surface area contributed by atoms with Crippen LogP contribution in [0.25, 0.3) is 0 Å². The molecule has 1 atom stereocenters. The number of aliphatic hydroxyl groups is 1. The first-order valence-corrected chi connectivity index (χ1v) is 7.09. The van der Waals surface area contributed by atoms with Crippen molar-refractivity contribution < 1.29 is 5.11 Å². The van der Waals surface area contributed by atoms with E-state index in [4.69, 9.17) is 0 Å². The zero-order chi connectivity index (χ0) is 13.3. The van der Waals surface area contributed by atoms with Gasteiger partial charge in [-0.15, -0.1) is 0 Å². The Hall–Kier alpha value is -0.870. The highest BCUT2D eigenvalue weighted by atomic mass is 127. The highest BCUT2D eigenvalue weighted by Crippen LogP contribution is 2.28. The Kier molecular flexibility index (Phi) is 4.07. The van der Waals surface area contributed by atoms with E-state index in [1.165, 1.54) is 16.7 Å². The third kappa shape index (κ3) is 2.59. The van der Waals surface area contributed by atoms with E-state index < -0.39 is 6.10 Å². The maximum atomic E-state index is 10.5. The van der Waals surface area contributed by atoms with Crippen LogP contribution in [0.2, 0.25) is 0 Å². The van der Waals surface area contributed by atoms with E-state index in [1.54, 1.807) is 0 Å². The van der Waals surface area contributed by atoms with Crippen LogP contribution in [0.4, 0.5) is 0 Å². The van der Waals surface area contributed by atoms with Crippen LogP contribution in [-0.2, 0) is 0 Å². The van der Waals surface area contributed by atoms with Crippen LogP contribution in [-0.4, -0.2) is 5.11 Å². The summed E-state index contributed by atoms with van der Waals surface area (Å²) in [6.45, 7) is 6.23. The summed E-state index contributed by atoms with van der Waals surface area (Å²) < 4.78 is 1.14. The third-order valence-corrected chi connectivity index (χ3v) is 4.84. The number of rotatable bonds is 2. The second-order valence-electron chi connectivity index (χ2n) is 4.72. The number of aryl methyl sites for hydroxylation is 3. The molecule has 94 valence electrons. The molecule has 1 N–H and O–H groups in total. The van der Waals surface area contributed by atoms with Crippen LogP contribution >= 0.6 is 22.6 Å². The summed E-state index contributed by atoms with van der Waals surface area (Å²) in [4.78, 5) is 0. The Morgan fingerprint density at radius 2 is 1.67 bits per heavy atom. The van der Waals surface area contributed by atoms with Crippen LogP contribution in [0.1, 0.15) is 33.9 Å². The minimum atomic E-state index is -0.545. The minimum Gasteiger partial charge on any atom is -0.384 e. The van der Waals surface area contributed by atoms with E-state index in [-0.39, 0.29) is 0 Å². The van der Waals surface area contributed by atoms with E-state index >= 15 is 0 Å². The topological polar surface area (TPSA) is 20.2 Å². The van der Waals surface area contributed by atoms with Gasteiger partial charge < -0.3 is 5.11 Å². The lowest BCUT2D eigenvalue weighted by Crippen LogP contribution is -2.03. The van der Waals surface area contributed by atoms with Crippen LogP contribution in [0, 0.1) is 24.3 Å². The van der Waals surface area contributed by atoms with Crippen molar-refractivity contribution in [1.29, 1.82) is 0 Å². The molecule has 1 nitrogen and oxygen atoms in total. The molecule has 0 bridgehead atoms. The van der Waals surface area contributed by atoms with Gasteiger partial charge in [0.2, 0.25) is 0 Å². The lowest BCUT2D eigenvalue weighted by Gasteiger charge is -2.16. The number of hydrogen-bond donors (Lipinski definition) is 1. The molecule has 0 spiro atoms. The van der Waals surface area contributed by atoms with Crippen molar-refractivity contribution in [1.82, 2.24) is 0 Å². The molecule has 2 aromatic carbocycles. The quantitative estimate of drug-likeness (QED) is 0.799. The number of halogens is 1. The maximum Gasteiger partial charge on any atom is 0.105 e. The Balaban J connectivity index is 2.44. The Labute approximate surface area is 122 Å². The Morgan fingerprint density at radius 3 is 2.33 bits per heavy atom. The second-order valence-corrected chi connectivity index (χ2v) is 5.80. The van der Waals surface area contributed by atoms with Gasteiger partial charge in [-0.3, -0.25) is 0 Å². The fourth-order valence-electron chi connectivity index (χ4n) is 2.00. The summed E-state index contributed by atoms with van der Waals surface area (Å²) in [6, 6.07) is 12.2. The monoisotopic (exact) mass is 352 g/mol. The van der Waals surface area contributed by atoms with Crippen molar-refractivity contribution in [2.24, 2.45) is 0 Å². The van der Waals surface area contributed by atoms with Crippen LogP contribution < -0.4 is 0 Å². The van der Waals surface area contributed by atoms with Crippen molar-refractivity contribution >= 4 is 22.6 Å². The average molecular weight is 352 g/mol. The van der Waals surface area contributed by atoms with E-state index in [0.29, 0.717) is 0 Å². The van der Waals surface area contributed by atoms with Gasteiger partial charge in [0.25, 0.3) is 0 Å². The van der Waals surface area contributed by atoms with E-state index in [0.717, 1.165) is 14.7 Å². The molecule has 0 aromatic heterocycles. The number of aliphatic hydroxyl groups excluding tert-OH is 1. The molecule has 2 aromatic rings. The molecule has 0 aliphatic carbocycles. The molecule has 0 heterocycles. The summed E-state index contributed by atoms with van der Waals surface area (Å²) in [5.41, 5.74) is 5.62. The zero-order valence-electron chi connectivity index (χ0n) is 10.9. The molecule has 0 saturated carbocycles. The average Bonchev–Trinajstić information content (AvgIpc) is 2.35. The summed E-state index contributed by atoms with van der Waals surface area (Å²) in [7, 11) is 0. The summed E-state index contributed by atoms with van der Waals surface area (Å²) >= 11 is 2.30. The molecule has 2 rings (SSSR count). The van der Waals surface area contributed by atoms with Crippen LogP contribution in [0.3, 0.4) is 0 Å². The summed E-state index contributed by atoms with van der Waals surface area (Å²) in [5.74, 6) is 0. The zero-order valence-corrected chi connectivity index (χ0v) is 13.0. The van der Waals surface area contributed by atoms with Gasteiger partial charge in [-0.25, -0.2) is 0 Å². The standard InChI is InChI=1S/C16H17IO/c1-10-7-8-13(9-12(10)3)16(18)14-6-4-5-11(2)15(14)17/h4-9,16,18H,1-3H3. The van der Waals surface area contributed by atoms with Gasteiger partial charge in [0, 0.05) is 3.57 Å². The molecule has 1 unspecified atom stereocenters. The second kappa shape index (κ2) is 5.41. The molecule has 0 amide bonds. The van der Waals surface area contributed by atoms with Crippen LogP contribution in [0.5, 0.6) is 0 Å². The van der Waals surface area contributed by atoms with Crippen LogP contribution in [0.15, 0.2) is 36.4 Å². The van der Waals surface area contributed by atoms with Gasteiger partial charge in [-0.2, -0.15) is 0 Å². The predicted octanol–water partition coefficient (Wildman–Crippen LogP) is 4.30. The van der Waals surface area contributed by atoms with Gasteiger partial charge in [-0.05, 0) is 71.2 Å². The number of hydrogen-bond acceptors (Lipinski definition) is 1. The molecular formula is C16H17IO. The fourth-order valence-corrected chi connectivity index (χ4v) is 2.65. The molecule has 2 heteroatoms. The van der Waals surface area contributed by atoms with E-state index in [9.17, 15) is 5.11 Å². The summed E-state index contributed by atoms with van der Waals surface area (Å²) in [5, 5.41) is 10.5. The third-order valence-electron chi connectivity index (χ3n) is 3.36.